The van der Waals surface area contributed by atoms with Crippen LogP contribution in [0.15, 0.2) is 18.2 Å². The van der Waals surface area contributed by atoms with E-state index in [4.69, 9.17) is 9.47 Å². The van der Waals surface area contributed by atoms with Gasteiger partial charge in [-0.05, 0) is 39.0 Å². The van der Waals surface area contributed by atoms with Crippen LogP contribution in [0.3, 0.4) is 0 Å². The summed E-state index contributed by atoms with van der Waals surface area (Å²) < 4.78 is 10.3. The number of amides is 1. The summed E-state index contributed by atoms with van der Waals surface area (Å²) in [4.78, 5) is 36.8. The van der Waals surface area contributed by atoms with Crippen LogP contribution in [-0.4, -0.2) is 36.9 Å². The molecule has 1 aliphatic rings. The summed E-state index contributed by atoms with van der Waals surface area (Å²) in [6, 6.07) is 4.04. The molecule has 0 bridgehead atoms. The van der Waals surface area contributed by atoms with Crippen LogP contribution in [0.5, 0.6) is 5.75 Å². The molecule has 1 atom stereocenters. The quantitative estimate of drug-likeness (QED) is 0.622. The Morgan fingerprint density at radius 1 is 1.43 bits per heavy atom. The number of esters is 1. The third-order valence-corrected chi connectivity index (χ3v) is 3.26. The first-order valence-electron chi connectivity index (χ1n) is 6.72. The van der Waals surface area contributed by atoms with Crippen LogP contribution in [0.25, 0.3) is 0 Å². The maximum atomic E-state index is 12.1. The van der Waals surface area contributed by atoms with Gasteiger partial charge in [0.15, 0.2) is 12.4 Å². The zero-order valence-electron chi connectivity index (χ0n) is 12.2. The zero-order chi connectivity index (χ0) is 15.6. The van der Waals surface area contributed by atoms with Gasteiger partial charge in [0.1, 0.15) is 11.8 Å². The molecular weight excluding hydrogens is 274 g/mol. The highest BCUT2D eigenvalue weighted by molar-refractivity contribution is 6.04. The molecule has 0 aromatic heterocycles. The van der Waals surface area contributed by atoms with Gasteiger partial charge < -0.3 is 9.47 Å². The second-order valence-electron chi connectivity index (χ2n) is 4.72. The van der Waals surface area contributed by atoms with Crippen LogP contribution >= 0.6 is 0 Å². The molecule has 1 aliphatic heterocycles. The smallest absolute Gasteiger partial charge is 0.328 e. The van der Waals surface area contributed by atoms with Gasteiger partial charge in [-0.25, -0.2) is 4.79 Å². The Balaban J connectivity index is 2.43. The van der Waals surface area contributed by atoms with Crippen LogP contribution < -0.4 is 9.64 Å². The van der Waals surface area contributed by atoms with Crippen molar-refractivity contribution in [1.82, 2.24) is 0 Å². The van der Waals surface area contributed by atoms with Crippen LogP contribution in [0, 0.1) is 0 Å². The Hall–Kier alpha value is -2.37. The van der Waals surface area contributed by atoms with E-state index in [9.17, 15) is 14.4 Å². The highest BCUT2D eigenvalue weighted by Crippen LogP contribution is 2.34. The molecule has 0 unspecified atom stereocenters. The van der Waals surface area contributed by atoms with Gasteiger partial charge in [0.25, 0.3) is 5.91 Å². The van der Waals surface area contributed by atoms with E-state index in [0.29, 0.717) is 17.0 Å². The Morgan fingerprint density at radius 3 is 2.76 bits per heavy atom. The molecule has 0 aliphatic carbocycles. The van der Waals surface area contributed by atoms with Crippen molar-refractivity contribution in [1.29, 1.82) is 0 Å². The fraction of sp³-hybridized carbons (Fsp3) is 0.400. The van der Waals surface area contributed by atoms with E-state index < -0.39 is 12.0 Å². The van der Waals surface area contributed by atoms with Crippen molar-refractivity contribution in [3.8, 4) is 5.75 Å². The third kappa shape index (κ3) is 2.89. The van der Waals surface area contributed by atoms with Gasteiger partial charge in [0.05, 0.1) is 12.3 Å². The Labute approximate surface area is 122 Å². The van der Waals surface area contributed by atoms with E-state index in [1.165, 1.54) is 11.8 Å². The number of benzene rings is 1. The number of fused-ring (bicyclic) bond motifs is 1. The number of hydrogen-bond donors (Lipinski definition) is 0. The number of anilines is 1. The fourth-order valence-corrected chi connectivity index (χ4v) is 2.18. The lowest BCUT2D eigenvalue weighted by Gasteiger charge is -2.33. The lowest BCUT2D eigenvalue weighted by atomic mass is 10.1. The maximum Gasteiger partial charge on any atom is 0.328 e. The average Bonchev–Trinajstić information content (AvgIpc) is 2.46. The summed E-state index contributed by atoms with van der Waals surface area (Å²) >= 11 is 0. The van der Waals surface area contributed by atoms with Gasteiger partial charge >= 0.3 is 5.97 Å². The molecule has 0 fully saturated rings. The SMILES string of the molecule is CCOC(=O)[C@H](C)N1C(=O)COc2ccc(C(C)=O)cc21. The number of nitrogens with zero attached hydrogens (tertiary/aromatic N) is 1. The molecule has 112 valence electrons. The minimum absolute atomic E-state index is 0.125. The Morgan fingerprint density at radius 2 is 2.14 bits per heavy atom. The predicted octanol–water partition coefficient (Wildman–Crippen LogP) is 1.57. The minimum Gasteiger partial charge on any atom is -0.482 e. The standard InChI is InChI=1S/C15H17NO5/c1-4-20-15(19)9(2)16-12-7-11(10(3)17)5-6-13(12)21-8-14(16)18/h5-7,9H,4,8H2,1-3H3/t9-/m0/s1. The molecule has 0 N–H and O–H groups in total. The van der Waals surface area contributed by atoms with Crippen molar-refractivity contribution in [3.05, 3.63) is 23.8 Å². The van der Waals surface area contributed by atoms with Gasteiger partial charge in [-0.3, -0.25) is 14.5 Å². The topological polar surface area (TPSA) is 72.9 Å². The van der Waals surface area contributed by atoms with Crippen molar-refractivity contribution in [3.63, 3.8) is 0 Å². The number of hydrogen-bond acceptors (Lipinski definition) is 5. The van der Waals surface area contributed by atoms with Crippen LogP contribution in [0.1, 0.15) is 31.1 Å². The summed E-state index contributed by atoms with van der Waals surface area (Å²) in [5, 5.41) is 0. The van der Waals surface area contributed by atoms with E-state index in [2.05, 4.69) is 0 Å². The van der Waals surface area contributed by atoms with Gasteiger partial charge in [-0.1, -0.05) is 0 Å². The van der Waals surface area contributed by atoms with Crippen molar-refractivity contribution >= 4 is 23.3 Å². The lowest BCUT2D eigenvalue weighted by Crippen LogP contribution is -2.48. The molecule has 1 aromatic carbocycles. The first-order chi connectivity index (χ1) is 9.95. The molecule has 0 saturated carbocycles. The minimum atomic E-state index is -0.776. The number of rotatable bonds is 4. The molecule has 0 radical (unpaired) electrons. The van der Waals surface area contributed by atoms with Crippen molar-refractivity contribution in [2.45, 2.75) is 26.8 Å². The molecular formula is C15H17NO5. The van der Waals surface area contributed by atoms with E-state index in [1.807, 2.05) is 0 Å². The van der Waals surface area contributed by atoms with Crippen molar-refractivity contribution in [2.24, 2.45) is 0 Å². The first-order valence-corrected chi connectivity index (χ1v) is 6.72. The van der Waals surface area contributed by atoms with E-state index >= 15 is 0 Å². The zero-order valence-corrected chi connectivity index (χ0v) is 12.2. The maximum absolute atomic E-state index is 12.1. The molecule has 21 heavy (non-hydrogen) atoms. The van der Waals surface area contributed by atoms with E-state index in [1.54, 1.807) is 32.0 Å². The molecule has 1 aromatic rings. The van der Waals surface area contributed by atoms with E-state index in [-0.39, 0.29) is 24.9 Å². The second-order valence-corrected chi connectivity index (χ2v) is 4.72. The van der Waals surface area contributed by atoms with Crippen LogP contribution in [0.2, 0.25) is 0 Å². The number of ketones is 1. The van der Waals surface area contributed by atoms with Crippen molar-refractivity contribution < 1.29 is 23.9 Å². The summed E-state index contributed by atoms with van der Waals surface area (Å²) in [6.45, 7) is 4.82. The fourth-order valence-electron chi connectivity index (χ4n) is 2.18. The molecule has 2 rings (SSSR count). The molecule has 0 spiro atoms. The highest BCUT2D eigenvalue weighted by atomic mass is 16.5. The number of carbonyl (C=O) groups excluding carboxylic acids is 3. The van der Waals surface area contributed by atoms with Gasteiger partial charge in [0.2, 0.25) is 0 Å². The molecule has 1 heterocycles. The Bertz CT molecular complexity index is 596. The second kappa shape index (κ2) is 5.95. The van der Waals surface area contributed by atoms with Gasteiger partial charge in [-0.2, -0.15) is 0 Å². The summed E-state index contributed by atoms with van der Waals surface area (Å²) in [6.07, 6.45) is 0. The third-order valence-electron chi connectivity index (χ3n) is 3.26. The summed E-state index contributed by atoms with van der Waals surface area (Å²) in [5.74, 6) is -0.494. The molecule has 6 heteroatoms. The van der Waals surface area contributed by atoms with Crippen LogP contribution in [0.4, 0.5) is 5.69 Å². The van der Waals surface area contributed by atoms with Gasteiger partial charge in [0, 0.05) is 5.56 Å². The Kier molecular flexibility index (Phi) is 4.26. The highest BCUT2D eigenvalue weighted by Gasteiger charge is 2.34. The largest absolute Gasteiger partial charge is 0.482 e. The van der Waals surface area contributed by atoms with Crippen LogP contribution in [-0.2, 0) is 14.3 Å². The van der Waals surface area contributed by atoms with Crippen molar-refractivity contribution in [2.75, 3.05) is 18.1 Å². The predicted molar refractivity (Wildman–Crippen MR) is 75.5 cm³/mol. The molecule has 6 nitrogen and oxygen atoms in total. The first kappa shape index (κ1) is 15.0. The monoisotopic (exact) mass is 291 g/mol. The van der Waals surface area contributed by atoms with E-state index in [0.717, 1.165) is 0 Å². The molecule has 0 saturated heterocycles. The summed E-state index contributed by atoms with van der Waals surface area (Å²) in [5.41, 5.74) is 0.868. The molecule has 1 amide bonds. The lowest BCUT2D eigenvalue weighted by molar-refractivity contribution is -0.145. The normalized spacial score (nSPS) is 15.0. The number of Topliss-reactive ketones (excluding diaryl/α,β-unsaturated/α-hetero) is 1. The average molecular weight is 291 g/mol. The summed E-state index contributed by atoms with van der Waals surface area (Å²) in [7, 11) is 0. The number of carbonyl (C=O) groups is 3. The number of ether oxygens (including phenoxy) is 2. The van der Waals surface area contributed by atoms with Gasteiger partial charge in [-0.15, -0.1) is 0 Å².